The second-order valence-corrected chi connectivity index (χ2v) is 7.29. The second kappa shape index (κ2) is 11.3. The van der Waals surface area contributed by atoms with Crippen LogP contribution in [0.15, 0.2) is 29.3 Å². The molecule has 0 aliphatic carbocycles. The Morgan fingerprint density at radius 2 is 1.85 bits per heavy atom. The quantitative estimate of drug-likeness (QED) is 0.409. The van der Waals surface area contributed by atoms with E-state index in [0.29, 0.717) is 0 Å². The molecule has 2 aliphatic heterocycles. The van der Waals surface area contributed by atoms with Crippen LogP contribution in [0.2, 0.25) is 0 Å². The summed E-state index contributed by atoms with van der Waals surface area (Å²) in [6, 6.07) is 8.81. The van der Waals surface area contributed by atoms with Gasteiger partial charge < -0.3 is 15.4 Å². The van der Waals surface area contributed by atoms with Gasteiger partial charge in [0.25, 0.3) is 0 Å². The Morgan fingerprint density at radius 1 is 1.04 bits per heavy atom. The summed E-state index contributed by atoms with van der Waals surface area (Å²) in [7, 11) is 0. The lowest BCUT2D eigenvalue weighted by Gasteiger charge is -2.29. The zero-order chi connectivity index (χ0) is 18.7. The maximum absolute atomic E-state index is 5.40. The van der Waals surface area contributed by atoms with Crippen molar-refractivity contribution in [2.24, 2.45) is 4.99 Å². The van der Waals surface area contributed by atoms with Crippen molar-refractivity contribution in [3.63, 3.8) is 0 Å². The van der Waals surface area contributed by atoms with Crippen LogP contribution < -0.4 is 10.6 Å². The Morgan fingerprint density at radius 3 is 2.67 bits per heavy atom. The van der Waals surface area contributed by atoms with Crippen LogP contribution >= 0.6 is 0 Å². The van der Waals surface area contributed by atoms with Gasteiger partial charge in [0, 0.05) is 58.9 Å². The normalized spacial score (nSPS) is 18.9. The van der Waals surface area contributed by atoms with E-state index in [9.17, 15) is 0 Å². The third kappa shape index (κ3) is 6.79. The monoisotopic (exact) mass is 373 g/mol. The molecule has 0 spiro atoms. The molecule has 6 nitrogen and oxygen atoms in total. The minimum absolute atomic E-state index is 0.865. The summed E-state index contributed by atoms with van der Waals surface area (Å²) < 4.78 is 5.40. The molecule has 150 valence electrons. The SMILES string of the molecule is CCNC(=NCCCN1CCOCC1)NCCN1CCc2ccccc2C1. The Balaban J connectivity index is 1.35. The number of hydrogen-bond acceptors (Lipinski definition) is 4. The first kappa shape index (κ1) is 20.1. The Labute approximate surface area is 164 Å². The molecule has 0 radical (unpaired) electrons. The largest absolute Gasteiger partial charge is 0.379 e. The van der Waals surface area contributed by atoms with Crippen LogP contribution in [-0.2, 0) is 17.7 Å². The maximum Gasteiger partial charge on any atom is 0.191 e. The van der Waals surface area contributed by atoms with E-state index in [1.54, 1.807) is 0 Å². The Hall–Kier alpha value is -1.63. The fraction of sp³-hybridized carbons (Fsp3) is 0.667. The molecule has 1 fully saturated rings. The fourth-order valence-electron chi connectivity index (χ4n) is 3.73. The van der Waals surface area contributed by atoms with E-state index in [1.165, 1.54) is 11.1 Å². The van der Waals surface area contributed by atoms with Crippen molar-refractivity contribution in [1.29, 1.82) is 0 Å². The molecule has 27 heavy (non-hydrogen) atoms. The van der Waals surface area contributed by atoms with E-state index in [0.717, 1.165) is 90.9 Å². The standard InChI is InChI=1S/C21H35N5O/c1-2-22-21(23-9-5-11-25-14-16-27-17-15-25)24-10-13-26-12-8-19-6-3-4-7-20(19)18-26/h3-4,6-7H,2,5,8-18H2,1H3,(H2,22,23,24). The number of hydrogen-bond donors (Lipinski definition) is 2. The van der Waals surface area contributed by atoms with Gasteiger partial charge in [0.2, 0.25) is 0 Å². The van der Waals surface area contributed by atoms with Gasteiger partial charge in [-0.3, -0.25) is 14.8 Å². The first-order chi connectivity index (χ1) is 13.3. The van der Waals surface area contributed by atoms with Crippen molar-refractivity contribution >= 4 is 5.96 Å². The molecule has 1 aromatic rings. The van der Waals surface area contributed by atoms with Crippen molar-refractivity contribution in [1.82, 2.24) is 20.4 Å². The summed E-state index contributed by atoms with van der Waals surface area (Å²) >= 11 is 0. The van der Waals surface area contributed by atoms with E-state index in [4.69, 9.17) is 9.73 Å². The molecular formula is C21H35N5O. The molecule has 0 saturated carbocycles. The van der Waals surface area contributed by atoms with E-state index >= 15 is 0 Å². The van der Waals surface area contributed by atoms with E-state index in [1.807, 2.05) is 0 Å². The summed E-state index contributed by atoms with van der Waals surface area (Å²) in [5.41, 5.74) is 2.99. The van der Waals surface area contributed by atoms with Gasteiger partial charge in [-0.25, -0.2) is 0 Å². The summed E-state index contributed by atoms with van der Waals surface area (Å²) in [5, 5.41) is 6.86. The van der Waals surface area contributed by atoms with Gasteiger partial charge in [0.05, 0.1) is 13.2 Å². The van der Waals surface area contributed by atoms with Crippen molar-refractivity contribution in [3.8, 4) is 0 Å². The Kier molecular flexibility index (Phi) is 8.39. The maximum atomic E-state index is 5.40. The highest BCUT2D eigenvalue weighted by atomic mass is 16.5. The minimum atomic E-state index is 0.865. The van der Waals surface area contributed by atoms with Crippen molar-refractivity contribution < 1.29 is 4.74 Å². The minimum Gasteiger partial charge on any atom is -0.379 e. The lowest BCUT2D eigenvalue weighted by atomic mass is 10.00. The van der Waals surface area contributed by atoms with Crippen LogP contribution in [0.25, 0.3) is 0 Å². The molecule has 0 bridgehead atoms. The second-order valence-electron chi connectivity index (χ2n) is 7.29. The van der Waals surface area contributed by atoms with Crippen LogP contribution in [0, 0.1) is 0 Å². The summed E-state index contributed by atoms with van der Waals surface area (Å²) in [6.45, 7) is 13.0. The van der Waals surface area contributed by atoms with Crippen LogP contribution in [0.3, 0.4) is 0 Å². The molecule has 6 heteroatoms. The van der Waals surface area contributed by atoms with Crippen LogP contribution in [0.5, 0.6) is 0 Å². The van der Waals surface area contributed by atoms with Crippen LogP contribution in [-0.4, -0.2) is 81.3 Å². The number of guanidine groups is 1. The number of ether oxygens (including phenoxy) is 1. The van der Waals surface area contributed by atoms with E-state index in [-0.39, 0.29) is 0 Å². The van der Waals surface area contributed by atoms with Gasteiger partial charge in [-0.05, 0) is 30.9 Å². The van der Waals surface area contributed by atoms with Gasteiger partial charge in [0.15, 0.2) is 5.96 Å². The molecule has 1 aromatic carbocycles. The first-order valence-corrected chi connectivity index (χ1v) is 10.5. The number of aliphatic imine (C=N–C) groups is 1. The lowest BCUT2D eigenvalue weighted by molar-refractivity contribution is 0.0377. The zero-order valence-electron chi connectivity index (χ0n) is 16.8. The van der Waals surface area contributed by atoms with Gasteiger partial charge in [-0.2, -0.15) is 0 Å². The summed E-state index contributed by atoms with van der Waals surface area (Å²) in [4.78, 5) is 9.73. The van der Waals surface area contributed by atoms with E-state index < -0.39 is 0 Å². The molecular weight excluding hydrogens is 338 g/mol. The van der Waals surface area contributed by atoms with E-state index in [2.05, 4.69) is 51.6 Å². The number of rotatable bonds is 8. The predicted molar refractivity (Wildman–Crippen MR) is 111 cm³/mol. The third-order valence-electron chi connectivity index (χ3n) is 5.28. The molecule has 2 heterocycles. The van der Waals surface area contributed by atoms with Crippen LogP contribution in [0.4, 0.5) is 0 Å². The van der Waals surface area contributed by atoms with Gasteiger partial charge in [-0.1, -0.05) is 24.3 Å². The molecule has 3 rings (SSSR count). The highest BCUT2D eigenvalue weighted by Crippen LogP contribution is 2.17. The molecule has 0 atom stereocenters. The van der Waals surface area contributed by atoms with Crippen molar-refractivity contribution in [3.05, 3.63) is 35.4 Å². The fourth-order valence-corrected chi connectivity index (χ4v) is 3.73. The number of nitrogens with zero attached hydrogens (tertiary/aromatic N) is 3. The van der Waals surface area contributed by atoms with Gasteiger partial charge in [0.1, 0.15) is 0 Å². The number of nitrogens with one attached hydrogen (secondary N) is 2. The predicted octanol–water partition coefficient (Wildman–Crippen LogP) is 1.32. The van der Waals surface area contributed by atoms with Crippen molar-refractivity contribution in [2.45, 2.75) is 26.3 Å². The first-order valence-electron chi connectivity index (χ1n) is 10.5. The topological polar surface area (TPSA) is 52.1 Å². The molecule has 0 amide bonds. The summed E-state index contributed by atoms with van der Waals surface area (Å²) in [6.07, 6.45) is 2.26. The zero-order valence-corrected chi connectivity index (χ0v) is 16.8. The van der Waals surface area contributed by atoms with Gasteiger partial charge in [-0.15, -0.1) is 0 Å². The molecule has 2 N–H and O–H groups in total. The number of morpholine rings is 1. The van der Waals surface area contributed by atoms with Crippen LogP contribution in [0.1, 0.15) is 24.5 Å². The molecule has 2 aliphatic rings. The molecule has 1 saturated heterocycles. The van der Waals surface area contributed by atoms with Gasteiger partial charge >= 0.3 is 0 Å². The average Bonchev–Trinajstić information content (AvgIpc) is 2.72. The average molecular weight is 374 g/mol. The van der Waals surface area contributed by atoms with Crippen molar-refractivity contribution in [2.75, 3.05) is 65.6 Å². The smallest absolute Gasteiger partial charge is 0.191 e. The highest BCUT2D eigenvalue weighted by Gasteiger charge is 2.15. The highest BCUT2D eigenvalue weighted by molar-refractivity contribution is 5.79. The molecule has 0 aromatic heterocycles. The lowest BCUT2D eigenvalue weighted by Crippen LogP contribution is -2.42. The number of fused-ring (bicyclic) bond motifs is 1. The molecule has 0 unspecified atom stereocenters. The summed E-state index contributed by atoms with van der Waals surface area (Å²) in [5.74, 6) is 0.942. The number of benzene rings is 1. The Bertz CT molecular complexity index is 586. The third-order valence-corrected chi connectivity index (χ3v) is 5.28.